The number of aliphatic hydroxyl groups excluding tert-OH is 1. The highest BCUT2D eigenvalue weighted by molar-refractivity contribution is 9.10. The molecule has 2 aromatic rings. The molecule has 0 amide bonds. The van der Waals surface area contributed by atoms with Crippen molar-refractivity contribution in [1.82, 2.24) is 5.32 Å². The van der Waals surface area contributed by atoms with E-state index in [1.54, 1.807) is 11.3 Å². The number of hydrogen-bond acceptors (Lipinski definition) is 4. The molecule has 0 radical (unpaired) electrons. The van der Waals surface area contributed by atoms with Gasteiger partial charge in [0.1, 0.15) is 18.5 Å². The predicted octanol–water partition coefficient (Wildman–Crippen LogP) is 4.77. The molecule has 1 fully saturated rings. The van der Waals surface area contributed by atoms with Crippen molar-refractivity contribution in [2.75, 3.05) is 13.2 Å². The quantitative estimate of drug-likeness (QED) is 0.659. The van der Waals surface area contributed by atoms with Crippen LogP contribution in [0.2, 0.25) is 0 Å². The fraction of sp³-hybridized carbons (Fsp3) is 0.474. The summed E-state index contributed by atoms with van der Waals surface area (Å²) >= 11 is 5.20. The van der Waals surface area contributed by atoms with Crippen LogP contribution < -0.4 is 10.1 Å². The van der Waals surface area contributed by atoms with Gasteiger partial charge in [-0.05, 0) is 54.5 Å². The van der Waals surface area contributed by atoms with Crippen LogP contribution in [0, 0.1) is 5.92 Å². The van der Waals surface area contributed by atoms with E-state index in [0.717, 1.165) is 10.2 Å². The van der Waals surface area contributed by atoms with Crippen molar-refractivity contribution < 1.29 is 9.84 Å². The summed E-state index contributed by atoms with van der Waals surface area (Å²) in [4.78, 5) is 1.38. The molecule has 3 rings (SSSR count). The van der Waals surface area contributed by atoms with Crippen molar-refractivity contribution in [3.8, 4) is 5.75 Å². The summed E-state index contributed by atoms with van der Waals surface area (Å²) in [5, 5.41) is 16.0. The van der Waals surface area contributed by atoms with Crippen molar-refractivity contribution in [2.24, 2.45) is 5.92 Å². The fourth-order valence-corrected chi connectivity index (χ4v) is 4.46. The summed E-state index contributed by atoms with van der Waals surface area (Å²) in [5.41, 5.74) is 0. The normalized spacial score (nSPS) is 17.8. The van der Waals surface area contributed by atoms with E-state index >= 15 is 0 Å². The molecule has 1 aromatic carbocycles. The second-order valence-electron chi connectivity index (χ2n) is 6.36. The van der Waals surface area contributed by atoms with Crippen molar-refractivity contribution in [3.05, 3.63) is 51.1 Å². The van der Waals surface area contributed by atoms with Gasteiger partial charge in [-0.2, -0.15) is 0 Å². The van der Waals surface area contributed by atoms with Crippen LogP contribution in [0.4, 0.5) is 0 Å². The van der Waals surface area contributed by atoms with Crippen molar-refractivity contribution in [2.45, 2.75) is 37.8 Å². The first-order valence-electron chi connectivity index (χ1n) is 8.55. The number of halogens is 1. The van der Waals surface area contributed by atoms with Gasteiger partial charge in [0.05, 0.1) is 0 Å². The molecular weight excluding hydrogens is 386 g/mol. The number of hydrogen-bond donors (Lipinski definition) is 2. The van der Waals surface area contributed by atoms with E-state index in [2.05, 4.69) is 38.8 Å². The van der Waals surface area contributed by atoms with Gasteiger partial charge >= 0.3 is 0 Å². The summed E-state index contributed by atoms with van der Waals surface area (Å²) in [5.74, 6) is 1.46. The van der Waals surface area contributed by atoms with Crippen LogP contribution >= 0.6 is 27.3 Å². The highest BCUT2D eigenvalue weighted by Crippen LogP contribution is 2.37. The Morgan fingerprint density at radius 1 is 1.21 bits per heavy atom. The smallest absolute Gasteiger partial charge is 0.119 e. The van der Waals surface area contributed by atoms with Crippen LogP contribution in [0.1, 0.15) is 36.6 Å². The molecule has 2 unspecified atom stereocenters. The molecule has 1 aliphatic rings. The zero-order valence-corrected chi connectivity index (χ0v) is 16.1. The van der Waals surface area contributed by atoms with Crippen LogP contribution in [0.5, 0.6) is 5.75 Å². The lowest BCUT2D eigenvalue weighted by molar-refractivity contribution is 0.101. The SMILES string of the molecule is OC(CNC(c1cccs1)C1CCCC1)COc1ccc(Br)cc1. The summed E-state index contributed by atoms with van der Waals surface area (Å²) in [6, 6.07) is 12.3. The minimum Gasteiger partial charge on any atom is -0.491 e. The summed E-state index contributed by atoms with van der Waals surface area (Å²) in [7, 11) is 0. The molecular formula is C19H24BrNO2S. The van der Waals surface area contributed by atoms with Crippen molar-refractivity contribution in [3.63, 3.8) is 0 Å². The minimum absolute atomic E-state index is 0.302. The molecule has 1 aromatic heterocycles. The van der Waals surface area contributed by atoms with E-state index in [1.807, 2.05) is 24.3 Å². The topological polar surface area (TPSA) is 41.5 Å². The van der Waals surface area contributed by atoms with Gasteiger partial charge in [-0.15, -0.1) is 11.3 Å². The van der Waals surface area contributed by atoms with E-state index in [1.165, 1.54) is 30.6 Å². The average molecular weight is 410 g/mol. The fourth-order valence-electron chi connectivity index (χ4n) is 3.30. The Balaban J connectivity index is 1.49. The van der Waals surface area contributed by atoms with Gasteiger partial charge in [-0.1, -0.05) is 34.8 Å². The average Bonchev–Trinajstić information content (AvgIpc) is 3.29. The third-order valence-electron chi connectivity index (χ3n) is 4.55. The standard InChI is InChI=1S/C19H24BrNO2S/c20-15-7-9-17(10-8-15)23-13-16(22)12-21-19(14-4-1-2-5-14)18-6-3-11-24-18/h3,6-11,14,16,19,21-22H,1-2,4-5,12-13H2. The number of thiophene rings is 1. The summed E-state index contributed by atoms with van der Waals surface area (Å²) in [6.45, 7) is 0.853. The number of ether oxygens (including phenoxy) is 1. The number of rotatable bonds is 8. The second-order valence-corrected chi connectivity index (χ2v) is 8.26. The Morgan fingerprint density at radius 2 is 1.96 bits per heavy atom. The molecule has 1 aliphatic carbocycles. The molecule has 0 aliphatic heterocycles. The number of nitrogens with one attached hydrogen (secondary N) is 1. The molecule has 5 heteroatoms. The lowest BCUT2D eigenvalue weighted by Gasteiger charge is -2.25. The van der Waals surface area contributed by atoms with Gasteiger partial charge in [0.15, 0.2) is 0 Å². The minimum atomic E-state index is -0.516. The molecule has 24 heavy (non-hydrogen) atoms. The van der Waals surface area contributed by atoms with E-state index in [4.69, 9.17) is 4.74 Å². The van der Waals surface area contributed by atoms with Crippen LogP contribution in [0.15, 0.2) is 46.3 Å². The van der Waals surface area contributed by atoms with E-state index in [9.17, 15) is 5.11 Å². The zero-order chi connectivity index (χ0) is 16.8. The Kier molecular flexibility index (Phi) is 6.72. The van der Waals surface area contributed by atoms with E-state index in [0.29, 0.717) is 25.1 Å². The molecule has 0 bridgehead atoms. The molecule has 2 N–H and O–H groups in total. The Morgan fingerprint density at radius 3 is 2.62 bits per heavy atom. The Hall–Kier alpha value is -0.880. The van der Waals surface area contributed by atoms with Gasteiger partial charge in [-0.25, -0.2) is 0 Å². The molecule has 1 saturated carbocycles. The molecule has 0 saturated heterocycles. The predicted molar refractivity (Wildman–Crippen MR) is 103 cm³/mol. The second kappa shape index (κ2) is 8.99. The monoisotopic (exact) mass is 409 g/mol. The first-order chi connectivity index (χ1) is 11.7. The summed E-state index contributed by atoms with van der Waals surface area (Å²) in [6.07, 6.45) is 4.69. The molecule has 3 nitrogen and oxygen atoms in total. The van der Waals surface area contributed by atoms with Crippen molar-refractivity contribution in [1.29, 1.82) is 0 Å². The Bertz CT molecular complexity index is 596. The van der Waals surface area contributed by atoms with Gasteiger partial charge in [0, 0.05) is 21.9 Å². The maximum atomic E-state index is 10.3. The largest absolute Gasteiger partial charge is 0.491 e. The first-order valence-corrected chi connectivity index (χ1v) is 10.2. The van der Waals surface area contributed by atoms with Crippen molar-refractivity contribution >= 4 is 27.3 Å². The third kappa shape index (κ3) is 5.06. The van der Waals surface area contributed by atoms with E-state index in [-0.39, 0.29) is 0 Å². The van der Waals surface area contributed by atoms with E-state index < -0.39 is 6.10 Å². The molecule has 130 valence electrons. The van der Waals surface area contributed by atoms with Crippen LogP contribution in [0.3, 0.4) is 0 Å². The number of aliphatic hydroxyl groups is 1. The molecule has 1 heterocycles. The summed E-state index contributed by atoms with van der Waals surface area (Å²) < 4.78 is 6.68. The lowest BCUT2D eigenvalue weighted by atomic mass is 9.96. The van der Waals surface area contributed by atoms with Gasteiger partial charge in [0.25, 0.3) is 0 Å². The lowest BCUT2D eigenvalue weighted by Crippen LogP contribution is -2.36. The van der Waals surface area contributed by atoms with Crippen LogP contribution in [-0.4, -0.2) is 24.4 Å². The molecule has 0 spiro atoms. The van der Waals surface area contributed by atoms with Crippen LogP contribution in [0.25, 0.3) is 0 Å². The molecule has 2 atom stereocenters. The maximum absolute atomic E-state index is 10.3. The van der Waals surface area contributed by atoms with Gasteiger partial charge < -0.3 is 15.2 Å². The van der Waals surface area contributed by atoms with Crippen LogP contribution in [-0.2, 0) is 0 Å². The first kappa shape index (κ1) is 17.9. The zero-order valence-electron chi connectivity index (χ0n) is 13.7. The highest BCUT2D eigenvalue weighted by Gasteiger charge is 2.27. The third-order valence-corrected chi connectivity index (χ3v) is 6.03. The maximum Gasteiger partial charge on any atom is 0.119 e. The highest BCUT2D eigenvalue weighted by atomic mass is 79.9. The number of benzene rings is 1. The van der Waals surface area contributed by atoms with Gasteiger partial charge in [0.2, 0.25) is 0 Å². The Labute approximate surface area is 156 Å². The van der Waals surface area contributed by atoms with Gasteiger partial charge in [-0.3, -0.25) is 0 Å².